The molecule has 0 aromatic heterocycles. The normalized spacial score (nSPS) is 10.6. The number of carbonyl (C=O) groups is 1. The molecule has 0 bridgehead atoms. The first-order valence-electron chi connectivity index (χ1n) is 6.01. The third kappa shape index (κ3) is 3.16. The highest BCUT2D eigenvalue weighted by atomic mass is 35.5. The Morgan fingerprint density at radius 1 is 1.39 bits per heavy atom. The fraction of sp³-hybridized carbons (Fsp3) is 0.500. The summed E-state index contributed by atoms with van der Waals surface area (Å²) in [6, 6.07) is 1.78. The number of aryl methyl sites for hydroxylation is 1. The van der Waals surface area contributed by atoms with E-state index >= 15 is 0 Å². The summed E-state index contributed by atoms with van der Waals surface area (Å²) in [7, 11) is 0. The third-order valence-corrected chi connectivity index (χ3v) is 3.07. The van der Waals surface area contributed by atoms with Crippen LogP contribution in [0.4, 0.5) is 0 Å². The lowest BCUT2D eigenvalue weighted by Gasteiger charge is -2.17. The molecule has 18 heavy (non-hydrogen) atoms. The lowest BCUT2D eigenvalue weighted by Crippen LogP contribution is -2.14. The van der Waals surface area contributed by atoms with Gasteiger partial charge in [-0.3, -0.25) is 0 Å². The Hall–Kier alpha value is -1.22. The highest BCUT2D eigenvalue weighted by Crippen LogP contribution is 2.32. The molecule has 0 spiro atoms. The number of hydrogen-bond acceptors (Lipinski definition) is 3. The molecule has 1 aromatic carbocycles. The van der Waals surface area contributed by atoms with Crippen molar-refractivity contribution in [1.82, 2.24) is 0 Å². The van der Waals surface area contributed by atoms with Crippen molar-refractivity contribution in [2.75, 3.05) is 6.61 Å². The molecule has 4 heteroatoms. The van der Waals surface area contributed by atoms with Gasteiger partial charge < -0.3 is 9.47 Å². The number of halogens is 1. The smallest absolute Gasteiger partial charge is 0.342 e. The van der Waals surface area contributed by atoms with Crippen molar-refractivity contribution in [2.45, 2.75) is 40.7 Å². The zero-order valence-electron chi connectivity index (χ0n) is 11.5. The molecule has 0 atom stereocenters. The Balaban J connectivity index is 3.34. The van der Waals surface area contributed by atoms with Crippen LogP contribution in [0, 0.1) is 13.8 Å². The molecule has 0 saturated carbocycles. The third-order valence-electron chi connectivity index (χ3n) is 2.49. The van der Waals surface area contributed by atoms with Gasteiger partial charge in [0.25, 0.3) is 0 Å². The van der Waals surface area contributed by atoms with E-state index in [1.807, 2.05) is 20.8 Å². The van der Waals surface area contributed by atoms with Crippen LogP contribution in [0.1, 0.15) is 42.3 Å². The van der Waals surface area contributed by atoms with Crippen LogP contribution < -0.4 is 4.74 Å². The lowest BCUT2D eigenvalue weighted by atomic mass is 10.0. The summed E-state index contributed by atoms with van der Waals surface area (Å²) < 4.78 is 10.7. The topological polar surface area (TPSA) is 35.5 Å². The van der Waals surface area contributed by atoms with Crippen molar-refractivity contribution in [3.05, 3.63) is 27.8 Å². The van der Waals surface area contributed by atoms with Gasteiger partial charge in [-0.05, 0) is 51.8 Å². The molecule has 0 amide bonds. The van der Waals surface area contributed by atoms with Crippen LogP contribution in [0.3, 0.4) is 0 Å². The zero-order chi connectivity index (χ0) is 13.9. The van der Waals surface area contributed by atoms with Gasteiger partial charge in [-0.15, -0.1) is 0 Å². The highest BCUT2D eigenvalue weighted by molar-refractivity contribution is 6.32. The van der Waals surface area contributed by atoms with Crippen molar-refractivity contribution in [2.24, 2.45) is 0 Å². The Morgan fingerprint density at radius 3 is 2.50 bits per heavy atom. The second kappa shape index (κ2) is 6.10. The van der Waals surface area contributed by atoms with Gasteiger partial charge in [0, 0.05) is 5.02 Å². The Morgan fingerprint density at radius 2 is 2.00 bits per heavy atom. The second-order valence-electron chi connectivity index (χ2n) is 4.39. The van der Waals surface area contributed by atoms with E-state index in [1.165, 1.54) is 0 Å². The second-order valence-corrected chi connectivity index (χ2v) is 4.77. The van der Waals surface area contributed by atoms with Gasteiger partial charge >= 0.3 is 5.97 Å². The van der Waals surface area contributed by atoms with Crippen molar-refractivity contribution < 1.29 is 14.3 Å². The van der Waals surface area contributed by atoms with Crippen molar-refractivity contribution in [3.63, 3.8) is 0 Å². The lowest BCUT2D eigenvalue weighted by molar-refractivity contribution is 0.0519. The van der Waals surface area contributed by atoms with Crippen LogP contribution in [0.2, 0.25) is 5.02 Å². The van der Waals surface area contributed by atoms with Gasteiger partial charge in [0.1, 0.15) is 11.3 Å². The summed E-state index contributed by atoms with van der Waals surface area (Å²) in [5, 5.41) is 0.578. The largest absolute Gasteiger partial charge is 0.490 e. The van der Waals surface area contributed by atoms with E-state index in [0.29, 0.717) is 28.5 Å². The maximum Gasteiger partial charge on any atom is 0.342 e. The molecule has 0 aliphatic carbocycles. The molecule has 1 aromatic rings. The van der Waals surface area contributed by atoms with Crippen LogP contribution in [0.25, 0.3) is 0 Å². The predicted octanol–water partition coefficient (Wildman–Crippen LogP) is 3.92. The average Bonchev–Trinajstić information content (AvgIpc) is 2.25. The number of hydrogen-bond donors (Lipinski definition) is 0. The highest BCUT2D eigenvalue weighted by Gasteiger charge is 2.21. The molecule has 100 valence electrons. The first kappa shape index (κ1) is 14.8. The SMILES string of the molecule is CCOC(=O)c1c(OC(C)C)cc(C)c(Cl)c1C. The molecule has 1 rings (SSSR count). The van der Waals surface area contributed by atoms with E-state index in [4.69, 9.17) is 21.1 Å². The van der Waals surface area contributed by atoms with E-state index in [0.717, 1.165) is 5.56 Å². The molecular weight excluding hydrogens is 252 g/mol. The maximum absolute atomic E-state index is 12.0. The first-order valence-corrected chi connectivity index (χ1v) is 6.39. The van der Waals surface area contributed by atoms with Gasteiger partial charge in [0.05, 0.1) is 12.7 Å². The summed E-state index contributed by atoms with van der Waals surface area (Å²) >= 11 is 6.17. The number of carbonyl (C=O) groups excluding carboxylic acids is 1. The van der Waals surface area contributed by atoms with E-state index in [1.54, 1.807) is 19.9 Å². The summed E-state index contributed by atoms with van der Waals surface area (Å²) in [5.41, 5.74) is 2.00. The van der Waals surface area contributed by atoms with E-state index in [-0.39, 0.29) is 6.10 Å². The molecular formula is C14H19ClO3. The van der Waals surface area contributed by atoms with E-state index < -0.39 is 5.97 Å². The summed E-state index contributed by atoms with van der Waals surface area (Å²) in [4.78, 5) is 12.0. The van der Waals surface area contributed by atoms with Crippen molar-refractivity contribution >= 4 is 17.6 Å². The van der Waals surface area contributed by atoms with E-state index in [9.17, 15) is 4.79 Å². The van der Waals surface area contributed by atoms with Crippen LogP contribution in [0.5, 0.6) is 5.75 Å². The summed E-state index contributed by atoms with van der Waals surface area (Å²) in [5.74, 6) is 0.135. The molecule has 0 heterocycles. The standard InChI is InChI=1S/C14H19ClO3/c1-6-17-14(16)12-10(5)13(15)9(4)7-11(12)18-8(2)3/h7-8H,6H2,1-5H3. The molecule has 0 saturated heterocycles. The Kier molecular flexibility index (Phi) is 5.03. The maximum atomic E-state index is 12.0. The molecule has 0 aliphatic rings. The fourth-order valence-electron chi connectivity index (χ4n) is 1.73. The van der Waals surface area contributed by atoms with Crippen molar-refractivity contribution in [1.29, 1.82) is 0 Å². The monoisotopic (exact) mass is 270 g/mol. The van der Waals surface area contributed by atoms with Crippen LogP contribution >= 0.6 is 11.6 Å². The minimum absolute atomic E-state index is 0.0156. The number of rotatable bonds is 4. The molecule has 0 unspecified atom stereocenters. The number of benzene rings is 1. The number of esters is 1. The van der Waals surface area contributed by atoms with E-state index in [2.05, 4.69) is 0 Å². The summed E-state index contributed by atoms with van der Waals surface area (Å²) in [6.07, 6.45) is -0.0156. The average molecular weight is 271 g/mol. The van der Waals surface area contributed by atoms with Crippen molar-refractivity contribution in [3.8, 4) is 5.75 Å². The van der Waals surface area contributed by atoms with Gasteiger partial charge in [0.2, 0.25) is 0 Å². The molecule has 0 fully saturated rings. The molecule has 0 N–H and O–H groups in total. The quantitative estimate of drug-likeness (QED) is 0.778. The Bertz CT molecular complexity index is 453. The van der Waals surface area contributed by atoms with Gasteiger partial charge in [0.15, 0.2) is 0 Å². The fourth-order valence-corrected chi connectivity index (χ4v) is 1.88. The van der Waals surface area contributed by atoms with Crippen LogP contribution in [-0.4, -0.2) is 18.7 Å². The molecule has 0 aliphatic heterocycles. The first-order chi connectivity index (χ1) is 8.38. The number of ether oxygens (including phenoxy) is 2. The minimum Gasteiger partial charge on any atom is -0.490 e. The van der Waals surface area contributed by atoms with Gasteiger partial charge in [-0.2, -0.15) is 0 Å². The molecule has 0 radical (unpaired) electrons. The van der Waals surface area contributed by atoms with Crippen LogP contribution in [0.15, 0.2) is 6.07 Å². The predicted molar refractivity (Wildman–Crippen MR) is 72.6 cm³/mol. The van der Waals surface area contributed by atoms with Gasteiger partial charge in [-0.1, -0.05) is 11.6 Å². The Labute approximate surface area is 113 Å². The van der Waals surface area contributed by atoms with Crippen LogP contribution in [-0.2, 0) is 4.74 Å². The molecule has 3 nitrogen and oxygen atoms in total. The summed E-state index contributed by atoms with van der Waals surface area (Å²) in [6.45, 7) is 9.60. The minimum atomic E-state index is -0.396. The van der Waals surface area contributed by atoms with Gasteiger partial charge in [-0.25, -0.2) is 4.79 Å². The zero-order valence-corrected chi connectivity index (χ0v) is 12.2.